The molecule has 7 heteroatoms. The van der Waals surface area contributed by atoms with Gasteiger partial charge in [-0.15, -0.1) is 0 Å². The normalized spacial score (nSPS) is 10.0. The van der Waals surface area contributed by atoms with E-state index in [0.717, 1.165) is 13.2 Å². The van der Waals surface area contributed by atoms with Crippen molar-refractivity contribution < 1.29 is 18.7 Å². The Kier molecular flexibility index (Phi) is 4.64. The van der Waals surface area contributed by atoms with Crippen LogP contribution < -0.4 is 5.32 Å². The van der Waals surface area contributed by atoms with Crippen LogP contribution in [0, 0.1) is 5.82 Å². The number of pyridine rings is 1. The van der Waals surface area contributed by atoms with Crippen LogP contribution in [0.25, 0.3) is 0 Å². The molecule has 1 N–H and O–H groups in total. The first-order valence-corrected chi connectivity index (χ1v) is 6.62. The maximum Gasteiger partial charge on any atom is 0.340 e. The lowest BCUT2D eigenvalue weighted by molar-refractivity contribution is 0.0595. The van der Waals surface area contributed by atoms with Crippen molar-refractivity contribution in [2.24, 2.45) is 0 Å². The summed E-state index contributed by atoms with van der Waals surface area (Å²) in [5.74, 6) is -1.97. The van der Waals surface area contributed by atoms with Gasteiger partial charge in [0.25, 0.3) is 5.91 Å². The number of amides is 1. The average Bonchev–Trinajstić information content (AvgIpc) is 2.48. The molecule has 0 saturated heterocycles. The average molecular weight is 353 g/mol. The number of anilines is 1. The number of nitrogens with zero attached hydrogens (tertiary/aromatic N) is 1. The van der Waals surface area contributed by atoms with Gasteiger partial charge in [-0.1, -0.05) is 0 Å². The lowest BCUT2D eigenvalue weighted by atomic mass is 10.2. The second-order valence-electron chi connectivity index (χ2n) is 3.98. The topological polar surface area (TPSA) is 68.3 Å². The molecule has 0 aliphatic carbocycles. The smallest absolute Gasteiger partial charge is 0.340 e. The molecule has 0 spiro atoms. The van der Waals surface area contributed by atoms with Gasteiger partial charge in [0.05, 0.1) is 18.2 Å². The van der Waals surface area contributed by atoms with Gasteiger partial charge in [0.15, 0.2) is 0 Å². The number of carbonyl (C=O) groups is 2. The Morgan fingerprint density at radius 2 is 2.05 bits per heavy atom. The highest BCUT2D eigenvalue weighted by molar-refractivity contribution is 9.10. The minimum Gasteiger partial charge on any atom is -0.465 e. The number of aromatic nitrogens is 1. The van der Waals surface area contributed by atoms with E-state index in [2.05, 4.69) is 31.0 Å². The van der Waals surface area contributed by atoms with Crippen molar-refractivity contribution >= 4 is 33.5 Å². The van der Waals surface area contributed by atoms with E-state index in [1.165, 1.54) is 18.3 Å². The summed E-state index contributed by atoms with van der Waals surface area (Å²) in [4.78, 5) is 27.4. The second-order valence-corrected chi connectivity index (χ2v) is 4.73. The first kappa shape index (κ1) is 15.1. The molecule has 0 radical (unpaired) electrons. The molecular formula is C14H10BrFN2O3. The van der Waals surface area contributed by atoms with E-state index in [1.807, 2.05) is 0 Å². The fraction of sp³-hybridized carbons (Fsp3) is 0.0714. The van der Waals surface area contributed by atoms with E-state index in [1.54, 1.807) is 12.1 Å². The highest BCUT2D eigenvalue weighted by atomic mass is 79.9. The molecule has 1 aromatic heterocycles. The van der Waals surface area contributed by atoms with Crippen molar-refractivity contribution in [3.63, 3.8) is 0 Å². The van der Waals surface area contributed by atoms with Gasteiger partial charge in [-0.25, -0.2) is 14.2 Å². The number of methoxy groups -OCH3 is 1. The fourth-order valence-corrected chi connectivity index (χ4v) is 2.05. The summed E-state index contributed by atoms with van der Waals surface area (Å²) < 4.78 is 18.4. The van der Waals surface area contributed by atoms with Gasteiger partial charge in [0.1, 0.15) is 10.4 Å². The van der Waals surface area contributed by atoms with Crippen molar-refractivity contribution in [3.8, 4) is 0 Å². The molecule has 2 aromatic rings. The fourth-order valence-electron chi connectivity index (χ4n) is 1.62. The second kappa shape index (κ2) is 6.45. The van der Waals surface area contributed by atoms with Crippen LogP contribution >= 0.6 is 15.9 Å². The minimum atomic E-state index is -0.814. The Hall–Kier alpha value is -2.28. The number of halogens is 2. The van der Waals surface area contributed by atoms with E-state index in [-0.39, 0.29) is 11.3 Å². The quantitative estimate of drug-likeness (QED) is 0.680. The molecule has 5 nitrogen and oxygen atoms in total. The van der Waals surface area contributed by atoms with Gasteiger partial charge in [0, 0.05) is 11.9 Å². The molecule has 108 valence electrons. The summed E-state index contributed by atoms with van der Waals surface area (Å²) in [7, 11) is 1.15. The van der Waals surface area contributed by atoms with Crippen LogP contribution in [0.2, 0.25) is 0 Å². The molecule has 1 aromatic carbocycles. The molecule has 1 heterocycles. The molecule has 21 heavy (non-hydrogen) atoms. The van der Waals surface area contributed by atoms with E-state index in [0.29, 0.717) is 10.2 Å². The third-order valence-electron chi connectivity index (χ3n) is 2.63. The zero-order valence-corrected chi connectivity index (χ0v) is 12.5. The Bertz CT molecular complexity index is 706. The maximum atomic E-state index is 13.5. The molecule has 0 aliphatic heterocycles. The molecule has 0 atom stereocenters. The first-order chi connectivity index (χ1) is 10.0. The van der Waals surface area contributed by atoms with Crippen LogP contribution in [-0.2, 0) is 4.74 Å². The molecule has 1 amide bonds. The third kappa shape index (κ3) is 3.43. The van der Waals surface area contributed by atoms with E-state index in [9.17, 15) is 14.0 Å². The number of hydrogen-bond donors (Lipinski definition) is 1. The maximum absolute atomic E-state index is 13.5. The third-order valence-corrected chi connectivity index (χ3v) is 3.27. The molecule has 0 unspecified atom stereocenters. The predicted molar refractivity (Wildman–Crippen MR) is 77.6 cm³/mol. The van der Waals surface area contributed by atoms with Gasteiger partial charge < -0.3 is 10.1 Å². The lowest BCUT2D eigenvalue weighted by Crippen LogP contribution is -2.14. The number of benzene rings is 1. The largest absolute Gasteiger partial charge is 0.465 e. The van der Waals surface area contributed by atoms with Crippen LogP contribution in [0.4, 0.5) is 10.1 Å². The van der Waals surface area contributed by atoms with E-state index in [4.69, 9.17) is 0 Å². The zero-order valence-electron chi connectivity index (χ0n) is 10.9. The summed E-state index contributed by atoms with van der Waals surface area (Å²) in [5.41, 5.74) is 0.347. The molecule has 0 bridgehead atoms. The number of hydrogen-bond acceptors (Lipinski definition) is 4. The van der Waals surface area contributed by atoms with Gasteiger partial charge >= 0.3 is 5.97 Å². The van der Waals surface area contributed by atoms with Crippen molar-refractivity contribution in [3.05, 3.63) is 58.1 Å². The first-order valence-electron chi connectivity index (χ1n) is 5.82. The van der Waals surface area contributed by atoms with Gasteiger partial charge in [-0.2, -0.15) is 0 Å². The Morgan fingerprint density at radius 3 is 2.71 bits per heavy atom. The predicted octanol–water partition coefficient (Wildman–Crippen LogP) is 3.02. The van der Waals surface area contributed by atoms with Crippen molar-refractivity contribution in [2.75, 3.05) is 12.4 Å². The van der Waals surface area contributed by atoms with Crippen LogP contribution in [0.5, 0.6) is 0 Å². The number of rotatable bonds is 3. The number of esters is 1. The lowest BCUT2D eigenvalue weighted by Gasteiger charge is -2.08. The Labute approximate surface area is 128 Å². The molecule has 0 saturated carbocycles. The monoisotopic (exact) mass is 352 g/mol. The van der Waals surface area contributed by atoms with Crippen LogP contribution in [0.1, 0.15) is 20.7 Å². The van der Waals surface area contributed by atoms with Gasteiger partial charge in [-0.3, -0.25) is 4.79 Å². The highest BCUT2D eigenvalue weighted by Gasteiger charge is 2.15. The minimum absolute atomic E-state index is 0.249. The standard InChI is InChI=1S/C14H10BrFN2O3/c1-21-14(20)10-7-8(4-5-11(10)16)18-13(19)9-3-2-6-17-12(9)15/h2-7H,1H3,(H,18,19). The summed E-state index contributed by atoms with van der Waals surface area (Å²) in [5, 5.41) is 2.56. The SMILES string of the molecule is COC(=O)c1cc(NC(=O)c2cccnc2Br)ccc1F. The van der Waals surface area contributed by atoms with Gasteiger partial charge in [0.2, 0.25) is 0 Å². The highest BCUT2D eigenvalue weighted by Crippen LogP contribution is 2.18. The van der Waals surface area contributed by atoms with Crippen LogP contribution in [0.3, 0.4) is 0 Å². The zero-order chi connectivity index (χ0) is 15.4. The van der Waals surface area contributed by atoms with Crippen LogP contribution in [0.15, 0.2) is 41.1 Å². The summed E-state index contributed by atoms with van der Waals surface area (Å²) in [6.07, 6.45) is 1.54. The molecule has 0 fully saturated rings. The Morgan fingerprint density at radius 1 is 1.29 bits per heavy atom. The number of nitrogens with one attached hydrogen (secondary N) is 1. The molecule has 0 aliphatic rings. The summed E-state index contributed by atoms with van der Waals surface area (Å²) >= 11 is 3.16. The molecular weight excluding hydrogens is 343 g/mol. The number of ether oxygens (including phenoxy) is 1. The van der Waals surface area contributed by atoms with Gasteiger partial charge in [-0.05, 0) is 46.3 Å². The van der Waals surface area contributed by atoms with Crippen molar-refractivity contribution in [1.82, 2.24) is 4.98 Å². The number of carbonyl (C=O) groups excluding carboxylic acids is 2. The summed E-state index contributed by atoms with van der Waals surface area (Å²) in [6.45, 7) is 0. The van der Waals surface area contributed by atoms with Crippen LogP contribution in [-0.4, -0.2) is 24.0 Å². The van der Waals surface area contributed by atoms with Crippen molar-refractivity contribution in [1.29, 1.82) is 0 Å². The van der Waals surface area contributed by atoms with Crippen molar-refractivity contribution in [2.45, 2.75) is 0 Å². The van der Waals surface area contributed by atoms with E-state index < -0.39 is 17.7 Å². The molecule has 2 rings (SSSR count). The summed E-state index contributed by atoms with van der Waals surface area (Å²) in [6, 6.07) is 6.84. The van der Waals surface area contributed by atoms with E-state index >= 15 is 0 Å². The Balaban J connectivity index is 2.26.